The fourth-order valence-electron chi connectivity index (χ4n) is 2.17. The number of benzene rings is 2. The predicted octanol–water partition coefficient (Wildman–Crippen LogP) is 2.37. The second kappa shape index (κ2) is 5.77. The standard InChI is InChI=1S/C16H13NO5/c18-15(19)11-5-7-12(8-6-11)21-10-9-17-13-3-1-2-4-14(13)22-16(17)20/h1-8H,9-10H2,(H,18,19). The molecule has 0 saturated carbocycles. The van der Waals surface area contributed by atoms with Gasteiger partial charge in [-0.3, -0.25) is 4.57 Å². The Morgan fingerprint density at radius 1 is 1.14 bits per heavy atom. The van der Waals surface area contributed by atoms with Crippen molar-refractivity contribution in [2.24, 2.45) is 0 Å². The second-order valence-corrected chi connectivity index (χ2v) is 4.67. The molecule has 3 aromatic rings. The summed E-state index contributed by atoms with van der Waals surface area (Å²) in [5.41, 5.74) is 1.46. The van der Waals surface area contributed by atoms with Gasteiger partial charge in [0.1, 0.15) is 12.4 Å². The highest BCUT2D eigenvalue weighted by atomic mass is 16.5. The highest BCUT2D eigenvalue weighted by molar-refractivity contribution is 5.87. The SMILES string of the molecule is O=C(O)c1ccc(OCCn2c(=O)oc3ccccc32)cc1. The van der Waals surface area contributed by atoms with Crippen LogP contribution in [-0.2, 0) is 6.54 Å². The van der Waals surface area contributed by atoms with E-state index in [4.69, 9.17) is 14.3 Å². The summed E-state index contributed by atoms with van der Waals surface area (Å²) in [7, 11) is 0. The summed E-state index contributed by atoms with van der Waals surface area (Å²) >= 11 is 0. The van der Waals surface area contributed by atoms with Gasteiger partial charge in [-0.25, -0.2) is 9.59 Å². The number of oxazole rings is 1. The lowest BCUT2D eigenvalue weighted by molar-refractivity contribution is 0.0697. The molecule has 1 heterocycles. The first-order valence-electron chi connectivity index (χ1n) is 6.70. The molecule has 0 spiro atoms. The largest absolute Gasteiger partial charge is 0.492 e. The number of para-hydroxylation sites is 2. The van der Waals surface area contributed by atoms with Gasteiger partial charge in [-0.1, -0.05) is 12.1 Å². The van der Waals surface area contributed by atoms with Crippen molar-refractivity contribution in [3.63, 3.8) is 0 Å². The van der Waals surface area contributed by atoms with E-state index in [1.54, 1.807) is 24.3 Å². The molecule has 1 N–H and O–H groups in total. The molecule has 0 bridgehead atoms. The normalized spacial score (nSPS) is 10.7. The summed E-state index contributed by atoms with van der Waals surface area (Å²) in [6.07, 6.45) is 0. The summed E-state index contributed by atoms with van der Waals surface area (Å²) < 4.78 is 12.2. The smallest absolute Gasteiger partial charge is 0.420 e. The number of aromatic carboxylic acids is 1. The molecule has 0 saturated heterocycles. The Kier molecular flexibility index (Phi) is 3.65. The lowest BCUT2D eigenvalue weighted by atomic mass is 10.2. The first kappa shape index (κ1) is 13.9. The zero-order chi connectivity index (χ0) is 15.5. The third-order valence-electron chi connectivity index (χ3n) is 3.26. The van der Waals surface area contributed by atoms with E-state index < -0.39 is 11.7 Å². The summed E-state index contributed by atoms with van der Waals surface area (Å²) in [6.45, 7) is 0.617. The Bertz CT molecular complexity index is 860. The van der Waals surface area contributed by atoms with Crippen molar-refractivity contribution in [1.82, 2.24) is 4.57 Å². The molecule has 0 aliphatic rings. The van der Waals surface area contributed by atoms with Crippen molar-refractivity contribution < 1.29 is 19.1 Å². The third-order valence-corrected chi connectivity index (χ3v) is 3.26. The molecule has 112 valence electrons. The van der Waals surface area contributed by atoms with Gasteiger partial charge < -0.3 is 14.3 Å². The number of hydrogen-bond acceptors (Lipinski definition) is 4. The van der Waals surface area contributed by atoms with E-state index in [0.29, 0.717) is 17.9 Å². The van der Waals surface area contributed by atoms with Crippen molar-refractivity contribution in [2.45, 2.75) is 6.54 Å². The molecule has 1 aromatic heterocycles. The van der Waals surface area contributed by atoms with Gasteiger partial charge >= 0.3 is 11.7 Å². The molecular weight excluding hydrogens is 286 g/mol. The average molecular weight is 299 g/mol. The summed E-state index contributed by atoms with van der Waals surface area (Å²) in [5.74, 6) is -0.861. The van der Waals surface area contributed by atoms with Gasteiger partial charge in [0.2, 0.25) is 0 Å². The molecule has 3 rings (SSSR count). The molecule has 0 unspecified atom stereocenters. The maximum Gasteiger partial charge on any atom is 0.420 e. The van der Waals surface area contributed by atoms with Crippen LogP contribution < -0.4 is 10.5 Å². The minimum Gasteiger partial charge on any atom is -0.492 e. The molecule has 0 radical (unpaired) electrons. The first-order valence-corrected chi connectivity index (χ1v) is 6.70. The zero-order valence-electron chi connectivity index (χ0n) is 11.6. The summed E-state index contributed by atoms with van der Waals surface area (Å²) in [6, 6.07) is 13.3. The van der Waals surface area contributed by atoms with Crippen LogP contribution in [0.5, 0.6) is 5.75 Å². The Hall–Kier alpha value is -3.02. The van der Waals surface area contributed by atoms with Gasteiger partial charge in [-0.2, -0.15) is 0 Å². The van der Waals surface area contributed by atoms with E-state index in [2.05, 4.69) is 0 Å². The first-order chi connectivity index (χ1) is 10.6. The fourth-order valence-corrected chi connectivity index (χ4v) is 2.17. The van der Waals surface area contributed by atoms with E-state index in [-0.39, 0.29) is 12.2 Å². The number of carboxylic acid groups (broad SMARTS) is 1. The highest BCUT2D eigenvalue weighted by Crippen LogP contribution is 2.14. The topological polar surface area (TPSA) is 81.7 Å². The Morgan fingerprint density at radius 2 is 1.86 bits per heavy atom. The van der Waals surface area contributed by atoms with E-state index in [9.17, 15) is 9.59 Å². The number of ether oxygens (including phenoxy) is 1. The number of aromatic nitrogens is 1. The van der Waals surface area contributed by atoms with Gasteiger partial charge in [0.05, 0.1) is 17.6 Å². The Labute approximate surface area is 125 Å². The maximum atomic E-state index is 11.8. The molecule has 2 aromatic carbocycles. The summed E-state index contributed by atoms with van der Waals surface area (Å²) in [4.78, 5) is 22.5. The molecule has 0 amide bonds. The van der Waals surface area contributed by atoms with Crippen molar-refractivity contribution in [1.29, 1.82) is 0 Å². The van der Waals surface area contributed by atoms with Crippen LogP contribution >= 0.6 is 0 Å². The fraction of sp³-hybridized carbons (Fsp3) is 0.125. The zero-order valence-corrected chi connectivity index (χ0v) is 11.6. The molecule has 6 nitrogen and oxygen atoms in total. The van der Waals surface area contributed by atoms with Gasteiger partial charge in [-0.05, 0) is 36.4 Å². The molecule has 0 aliphatic carbocycles. The van der Waals surface area contributed by atoms with Crippen LogP contribution in [0.25, 0.3) is 11.1 Å². The second-order valence-electron chi connectivity index (χ2n) is 4.67. The Morgan fingerprint density at radius 3 is 2.59 bits per heavy atom. The van der Waals surface area contributed by atoms with E-state index >= 15 is 0 Å². The van der Waals surface area contributed by atoms with Crippen molar-refractivity contribution in [2.75, 3.05) is 6.61 Å². The molecule has 0 atom stereocenters. The average Bonchev–Trinajstić information content (AvgIpc) is 2.84. The summed E-state index contributed by atoms with van der Waals surface area (Å²) in [5, 5.41) is 8.82. The van der Waals surface area contributed by atoms with E-state index in [0.717, 1.165) is 5.52 Å². The van der Waals surface area contributed by atoms with Crippen molar-refractivity contribution in [3.05, 3.63) is 64.6 Å². The lowest BCUT2D eigenvalue weighted by Crippen LogP contribution is -2.18. The number of carboxylic acids is 1. The van der Waals surface area contributed by atoms with Crippen LogP contribution in [-0.4, -0.2) is 22.2 Å². The van der Waals surface area contributed by atoms with Crippen LogP contribution in [0.4, 0.5) is 0 Å². The highest BCUT2D eigenvalue weighted by Gasteiger charge is 2.08. The molecule has 6 heteroatoms. The van der Waals surface area contributed by atoms with Gasteiger partial charge in [0.15, 0.2) is 5.58 Å². The molecule has 0 aliphatic heterocycles. The Balaban J connectivity index is 1.68. The van der Waals surface area contributed by atoms with Crippen LogP contribution in [0.15, 0.2) is 57.7 Å². The molecule has 0 fully saturated rings. The minimum absolute atomic E-state index is 0.199. The predicted molar refractivity (Wildman–Crippen MR) is 79.4 cm³/mol. The monoisotopic (exact) mass is 299 g/mol. The number of fused-ring (bicyclic) bond motifs is 1. The third kappa shape index (κ3) is 2.71. The van der Waals surface area contributed by atoms with Crippen LogP contribution in [0.1, 0.15) is 10.4 Å². The van der Waals surface area contributed by atoms with Crippen LogP contribution in [0, 0.1) is 0 Å². The minimum atomic E-state index is -0.983. The quantitative estimate of drug-likeness (QED) is 0.782. The van der Waals surface area contributed by atoms with Gasteiger partial charge in [0, 0.05) is 0 Å². The van der Waals surface area contributed by atoms with E-state index in [1.807, 2.05) is 12.1 Å². The molecule has 22 heavy (non-hydrogen) atoms. The van der Waals surface area contributed by atoms with Crippen molar-refractivity contribution >= 4 is 17.1 Å². The lowest BCUT2D eigenvalue weighted by Gasteiger charge is -2.06. The van der Waals surface area contributed by atoms with Gasteiger partial charge in [0.25, 0.3) is 0 Å². The van der Waals surface area contributed by atoms with Gasteiger partial charge in [-0.15, -0.1) is 0 Å². The maximum absolute atomic E-state index is 11.8. The number of carbonyl (C=O) groups is 1. The number of rotatable bonds is 5. The van der Waals surface area contributed by atoms with Crippen LogP contribution in [0.2, 0.25) is 0 Å². The van der Waals surface area contributed by atoms with Crippen LogP contribution in [0.3, 0.4) is 0 Å². The molecular formula is C16H13NO5. The van der Waals surface area contributed by atoms with Crippen molar-refractivity contribution in [3.8, 4) is 5.75 Å². The van der Waals surface area contributed by atoms with E-state index in [1.165, 1.54) is 16.7 Å². The number of nitrogens with zero attached hydrogens (tertiary/aromatic N) is 1. The number of hydrogen-bond donors (Lipinski definition) is 1.